The molecule has 0 bridgehead atoms. The zero-order valence-corrected chi connectivity index (χ0v) is 17.6. The third-order valence-corrected chi connectivity index (χ3v) is 4.04. The van der Waals surface area contributed by atoms with Gasteiger partial charge in [0.15, 0.2) is 11.5 Å². The Morgan fingerprint density at radius 3 is 2.63 bits per heavy atom. The van der Waals surface area contributed by atoms with Crippen LogP contribution < -0.4 is 14.8 Å². The van der Waals surface area contributed by atoms with Gasteiger partial charge in [-0.3, -0.25) is 9.59 Å². The van der Waals surface area contributed by atoms with Crippen molar-refractivity contribution < 1.29 is 19.1 Å². The van der Waals surface area contributed by atoms with Gasteiger partial charge in [0, 0.05) is 24.4 Å². The van der Waals surface area contributed by atoms with Crippen molar-refractivity contribution in [3.05, 3.63) is 59.7 Å². The molecule has 0 unspecified atom stereocenters. The smallest absolute Gasteiger partial charge is 0.246 e. The zero-order valence-electron chi connectivity index (χ0n) is 17.6. The van der Waals surface area contributed by atoms with Crippen molar-refractivity contribution in [2.45, 2.75) is 20.0 Å². The molecule has 0 aliphatic rings. The Morgan fingerprint density at radius 2 is 1.97 bits per heavy atom. The zero-order chi connectivity index (χ0) is 22.1. The lowest BCUT2D eigenvalue weighted by Gasteiger charge is -2.15. The molecule has 0 atom stereocenters. The topological polar surface area (TPSA) is 67.9 Å². The number of anilines is 1. The van der Waals surface area contributed by atoms with Crippen LogP contribution in [0.1, 0.15) is 25.0 Å². The number of amides is 2. The Balaban J connectivity index is 1.96. The van der Waals surface area contributed by atoms with E-state index in [1.54, 1.807) is 56.6 Å². The summed E-state index contributed by atoms with van der Waals surface area (Å²) in [5.74, 6) is 3.12. The van der Waals surface area contributed by atoms with Gasteiger partial charge in [-0.15, -0.1) is 6.42 Å². The maximum Gasteiger partial charge on any atom is 0.246 e. The van der Waals surface area contributed by atoms with Gasteiger partial charge >= 0.3 is 0 Å². The lowest BCUT2D eigenvalue weighted by molar-refractivity contribution is -0.129. The van der Waals surface area contributed by atoms with E-state index in [-0.39, 0.29) is 24.5 Å². The van der Waals surface area contributed by atoms with Gasteiger partial charge in [0.25, 0.3) is 0 Å². The van der Waals surface area contributed by atoms with Crippen LogP contribution in [0.5, 0.6) is 11.5 Å². The number of hydrogen-bond acceptors (Lipinski definition) is 4. The average molecular weight is 406 g/mol. The van der Waals surface area contributed by atoms with Crippen molar-refractivity contribution in [2.75, 3.05) is 26.0 Å². The number of nitrogens with zero attached hydrogens (tertiary/aromatic N) is 1. The summed E-state index contributed by atoms with van der Waals surface area (Å²) in [6.45, 7) is 3.78. The average Bonchev–Trinajstić information content (AvgIpc) is 2.72. The number of terminal acetylenes is 1. The molecule has 0 aliphatic carbocycles. The van der Waals surface area contributed by atoms with Gasteiger partial charge in [0.1, 0.15) is 0 Å². The van der Waals surface area contributed by atoms with E-state index in [2.05, 4.69) is 11.2 Å². The van der Waals surface area contributed by atoms with Crippen molar-refractivity contribution >= 4 is 23.6 Å². The van der Waals surface area contributed by atoms with Crippen LogP contribution in [-0.2, 0) is 9.59 Å². The van der Waals surface area contributed by atoms with Crippen molar-refractivity contribution in [3.8, 4) is 23.8 Å². The Hall–Kier alpha value is -3.72. The number of carbonyl (C=O) groups excluding carboxylic acids is 2. The monoisotopic (exact) mass is 406 g/mol. The number of nitrogens with one attached hydrogen (secondary N) is 1. The highest BCUT2D eigenvalue weighted by Gasteiger charge is 2.11. The molecule has 0 spiro atoms. The number of benzene rings is 2. The minimum atomic E-state index is -0.315. The molecule has 156 valence electrons. The van der Waals surface area contributed by atoms with Crippen molar-refractivity contribution in [2.24, 2.45) is 0 Å². The first kappa shape index (κ1) is 22.6. The molecule has 0 fully saturated rings. The molecule has 0 saturated heterocycles. The van der Waals surface area contributed by atoms with E-state index >= 15 is 0 Å². The minimum Gasteiger partial charge on any atom is -0.493 e. The number of carbonyl (C=O) groups is 2. The van der Waals surface area contributed by atoms with E-state index in [4.69, 9.17) is 15.9 Å². The summed E-state index contributed by atoms with van der Waals surface area (Å²) >= 11 is 0. The molecule has 2 amide bonds. The standard InChI is InChI=1S/C24H26N2O4/c1-6-18-8-7-9-20(14-18)25-23(27)16-26(4)24(28)13-11-19-10-12-21(30-17(2)3)22(15-19)29-5/h1,7-15,17H,16H2,2-5H3,(H,25,27)/b13-11+. The first-order valence-corrected chi connectivity index (χ1v) is 9.46. The Morgan fingerprint density at radius 1 is 1.20 bits per heavy atom. The van der Waals surface area contributed by atoms with Crippen LogP contribution in [0, 0.1) is 12.3 Å². The summed E-state index contributed by atoms with van der Waals surface area (Å²) in [7, 11) is 3.12. The highest BCUT2D eigenvalue weighted by atomic mass is 16.5. The number of hydrogen-bond donors (Lipinski definition) is 1. The molecule has 2 aromatic carbocycles. The first-order valence-electron chi connectivity index (χ1n) is 9.46. The first-order chi connectivity index (χ1) is 14.3. The highest BCUT2D eigenvalue weighted by molar-refractivity contribution is 5.98. The van der Waals surface area contributed by atoms with Gasteiger partial charge in [-0.25, -0.2) is 0 Å². The van der Waals surface area contributed by atoms with E-state index < -0.39 is 0 Å². The second-order valence-electron chi connectivity index (χ2n) is 6.88. The Kier molecular flexibility index (Phi) is 8.07. The Labute approximate surface area is 177 Å². The van der Waals surface area contributed by atoms with E-state index in [1.807, 2.05) is 19.9 Å². The summed E-state index contributed by atoms with van der Waals surface area (Å²) in [4.78, 5) is 25.9. The SMILES string of the molecule is C#Cc1cccc(NC(=O)CN(C)C(=O)/C=C/c2ccc(OC(C)C)c(OC)c2)c1. The molecule has 0 aromatic heterocycles. The predicted molar refractivity (Wildman–Crippen MR) is 118 cm³/mol. The van der Waals surface area contributed by atoms with Crippen LogP contribution in [0.15, 0.2) is 48.5 Å². The number of ether oxygens (including phenoxy) is 2. The molecular formula is C24H26N2O4. The van der Waals surface area contributed by atoms with Gasteiger partial charge in [-0.05, 0) is 55.8 Å². The van der Waals surface area contributed by atoms with E-state index in [0.29, 0.717) is 22.7 Å². The van der Waals surface area contributed by atoms with Crippen molar-refractivity contribution in [1.82, 2.24) is 4.90 Å². The minimum absolute atomic E-state index is 0.0238. The summed E-state index contributed by atoms with van der Waals surface area (Å²) in [6, 6.07) is 12.4. The third kappa shape index (κ3) is 6.71. The molecule has 0 radical (unpaired) electrons. The largest absolute Gasteiger partial charge is 0.493 e. The van der Waals surface area contributed by atoms with Gasteiger partial charge in [0.2, 0.25) is 11.8 Å². The summed E-state index contributed by atoms with van der Waals surface area (Å²) in [6.07, 6.45) is 8.45. The molecule has 1 N–H and O–H groups in total. The van der Waals surface area contributed by atoms with Gasteiger partial charge in [-0.1, -0.05) is 18.1 Å². The summed E-state index contributed by atoms with van der Waals surface area (Å²) in [5.41, 5.74) is 2.03. The van der Waals surface area contributed by atoms with Crippen LogP contribution in [-0.4, -0.2) is 43.5 Å². The van der Waals surface area contributed by atoms with Crippen molar-refractivity contribution in [1.29, 1.82) is 0 Å². The van der Waals surface area contributed by atoms with Gasteiger partial charge < -0.3 is 19.7 Å². The van der Waals surface area contributed by atoms with Crippen LogP contribution in [0.4, 0.5) is 5.69 Å². The fourth-order valence-corrected chi connectivity index (χ4v) is 2.61. The van der Waals surface area contributed by atoms with Crippen LogP contribution >= 0.6 is 0 Å². The van der Waals surface area contributed by atoms with E-state index in [9.17, 15) is 9.59 Å². The number of methoxy groups -OCH3 is 1. The molecule has 0 saturated carbocycles. The van der Waals surface area contributed by atoms with Gasteiger partial charge in [-0.2, -0.15) is 0 Å². The third-order valence-electron chi connectivity index (χ3n) is 4.04. The van der Waals surface area contributed by atoms with Gasteiger partial charge in [0.05, 0.1) is 19.8 Å². The summed E-state index contributed by atoms with van der Waals surface area (Å²) in [5, 5.41) is 2.73. The second kappa shape index (κ2) is 10.7. The maximum absolute atomic E-state index is 12.3. The molecule has 30 heavy (non-hydrogen) atoms. The molecule has 2 aromatic rings. The summed E-state index contributed by atoms with van der Waals surface area (Å²) < 4.78 is 11.0. The van der Waals surface area contributed by atoms with Crippen LogP contribution in [0.2, 0.25) is 0 Å². The molecule has 0 aliphatic heterocycles. The molecular weight excluding hydrogens is 380 g/mol. The fraction of sp³-hybridized carbons (Fsp3) is 0.250. The molecule has 6 nitrogen and oxygen atoms in total. The van der Waals surface area contributed by atoms with E-state index in [1.165, 1.54) is 11.0 Å². The second-order valence-corrected chi connectivity index (χ2v) is 6.88. The molecule has 2 rings (SSSR count). The molecule has 0 heterocycles. The molecule has 6 heteroatoms. The number of likely N-dealkylation sites (N-methyl/N-ethyl adjacent to an activating group) is 1. The van der Waals surface area contributed by atoms with Crippen molar-refractivity contribution in [3.63, 3.8) is 0 Å². The van der Waals surface area contributed by atoms with E-state index in [0.717, 1.165) is 5.56 Å². The van der Waals surface area contributed by atoms with Crippen LogP contribution in [0.3, 0.4) is 0 Å². The fourth-order valence-electron chi connectivity index (χ4n) is 2.61. The maximum atomic E-state index is 12.3. The number of rotatable bonds is 8. The quantitative estimate of drug-likeness (QED) is 0.538. The van der Waals surface area contributed by atoms with Crippen LogP contribution in [0.25, 0.3) is 6.08 Å². The highest BCUT2D eigenvalue weighted by Crippen LogP contribution is 2.29. The predicted octanol–water partition coefficient (Wildman–Crippen LogP) is 3.57. The normalized spacial score (nSPS) is 10.5. The lowest BCUT2D eigenvalue weighted by Crippen LogP contribution is -2.33. The Bertz CT molecular complexity index is 973. The lowest BCUT2D eigenvalue weighted by atomic mass is 10.2.